The van der Waals surface area contributed by atoms with E-state index in [4.69, 9.17) is 4.74 Å². The summed E-state index contributed by atoms with van der Waals surface area (Å²) in [6.45, 7) is 0.538. The minimum Gasteiger partial charge on any atom is -0.496 e. The van der Waals surface area contributed by atoms with Crippen molar-refractivity contribution in [2.24, 2.45) is 0 Å². The van der Waals surface area contributed by atoms with E-state index < -0.39 is 4.92 Å². The molecule has 0 spiro atoms. The second-order valence-electron chi connectivity index (χ2n) is 4.36. The molecule has 102 valence electrons. The summed E-state index contributed by atoms with van der Waals surface area (Å²) in [5.74, 6) is 0.468. The highest BCUT2D eigenvalue weighted by atomic mass is 16.6. The third kappa shape index (κ3) is 3.34. The molecule has 7 heteroatoms. The summed E-state index contributed by atoms with van der Waals surface area (Å²) >= 11 is 0. The lowest BCUT2D eigenvalue weighted by atomic mass is 10.2. The van der Waals surface area contributed by atoms with Gasteiger partial charge in [-0.2, -0.15) is 0 Å². The number of benzene rings is 1. The van der Waals surface area contributed by atoms with Crippen LogP contribution in [0.5, 0.6) is 5.75 Å². The van der Waals surface area contributed by atoms with Gasteiger partial charge in [-0.25, -0.2) is 0 Å². The number of nitrogens with zero attached hydrogens (tertiary/aromatic N) is 1. The lowest BCUT2D eigenvalue weighted by molar-refractivity contribution is -0.384. The number of methoxy groups -OCH3 is 1. The van der Waals surface area contributed by atoms with Gasteiger partial charge in [-0.3, -0.25) is 14.9 Å². The van der Waals surface area contributed by atoms with Gasteiger partial charge in [0, 0.05) is 36.8 Å². The van der Waals surface area contributed by atoms with E-state index in [9.17, 15) is 14.9 Å². The van der Waals surface area contributed by atoms with Crippen LogP contribution in [0.2, 0.25) is 0 Å². The molecule has 1 aromatic carbocycles. The van der Waals surface area contributed by atoms with E-state index >= 15 is 0 Å². The van der Waals surface area contributed by atoms with Gasteiger partial charge >= 0.3 is 0 Å². The molecule has 1 aliphatic heterocycles. The number of nitro groups is 1. The number of amides is 1. The molecule has 1 fully saturated rings. The molecule has 1 saturated heterocycles. The molecule has 19 heavy (non-hydrogen) atoms. The number of anilines is 1. The number of hydrogen-bond acceptors (Lipinski definition) is 5. The summed E-state index contributed by atoms with van der Waals surface area (Å²) in [5.41, 5.74) is 0.574. The van der Waals surface area contributed by atoms with Crippen molar-refractivity contribution in [1.29, 1.82) is 0 Å². The first-order valence-electron chi connectivity index (χ1n) is 5.95. The van der Waals surface area contributed by atoms with Crippen LogP contribution in [-0.4, -0.2) is 30.5 Å². The predicted molar refractivity (Wildman–Crippen MR) is 69.3 cm³/mol. The molecular weight excluding hydrogens is 250 g/mol. The molecule has 1 heterocycles. The summed E-state index contributed by atoms with van der Waals surface area (Å²) in [6.07, 6.45) is 1.31. The smallest absolute Gasteiger partial charge is 0.275 e. The van der Waals surface area contributed by atoms with Crippen LogP contribution in [0.3, 0.4) is 0 Å². The van der Waals surface area contributed by atoms with Crippen LogP contribution >= 0.6 is 0 Å². The van der Waals surface area contributed by atoms with E-state index in [2.05, 4.69) is 10.6 Å². The van der Waals surface area contributed by atoms with Crippen LogP contribution in [0.1, 0.15) is 12.8 Å². The van der Waals surface area contributed by atoms with Gasteiger partial charge in [0.2, 0.25) is 5.91 Å². The van der Waals surface area contributed by atoms with Crippen LogP contribution in [-0.2, 0) is 4.79 Å². The number of hydrogen-bond donors (Lipinski definition) is 2. The number of rotatable bonds is 5. The van der Waals surface area contributed by atoms with Crippen molar-refractivity contribution < 1.29 is 14.5 Å². The van der Waals surface area contributed by atoms with Gasteiger partial charge in [-0.15, -0.1) is 0 Å². The van der Waals surface area contributed by atoms with E-state index in [-0.39, 0.29) is 17.6 Å². The lowest BCUT2D eigenvalue weighted by Crippen LogP contribution is -2.31. The van der Waals surface area contributed by atoms with Crippen molar-refractivity contribution >= 4 is 17.3 Å². The van der Waals surface area contributed by atoms with Crippen molar-refractivity contribution in [2.45, 2.75) is 18.9 Å². The van der Waals surface area contributed by atoms with Crippen LogP contribution in [0, 0.1) is 10.1 Å². The van der Waals surface area contributed by atoms with Crippen molar-refractivity contribution in [1.82, 2.24) is 5.32 Å². The fraction of sp³-hybridized carbons (Fsp3) is 0.417. The molecule has 1 atom stereocenters. The fourth-order valence-electron chi connectivity index (χ4n) is 1.98. The second-order valence-corrected chi connectivity index (χ2v) is 4.36. The number of carbonyl (C=O) groups excluding carboxylic acids is 1. The average Bonchev–Trinajstić information content (AvgIpc) is 2.81. The maximum absolute atomic E-state index is 11.1. The Hall–Kier alpha value is -2.31. The van der Waals surface area contributed by atoms with E-state index in [0.29, 0.717) is 24.4 Å². The summed E-state index contributed by atoms with van der Waals surface area (Å²) in [5, 5.41) is 16.7. The first-order chi connectivity index (χ1) is 9.08. The Labute approximate surface area is 110 Å². The van der Waals surface area contributed by atoms with Gasteiger partial charge < -0.3 is 15.4 Å². The SMILES string of the molecule is COc1cc(NCC2CCC(=O)N2)cc([N+](=O)[O-])c1. The molecule has 1 amide bonds. The Morgan fingerprint density at radius 3 is 2.89 bits per heavy atom. The monoisotopic (exact) mass is 265 g/mol. The number of nitrogens with one attached hydrogen (secondary N) is 2. The van der Waals surface area contributed by atoms with E-state index in [1.54, 1.807) is 6.07 Å². The number of ether oxygens (including phenoxy) is 1. The summed E-state index contributed by atoms with van der Waals surface area (Å²) < 4.78 is 5.02. The number of carbonyl (C=O) groups is 1. The summed E-state index contributed by atoms with van der Waals surface area (Å²) in [6, 6.07) is 4.56. The van der Waals surface area contributed by atoms with Gasteiger partial charge in [0.25, 0.3) is 5.69 Å². The van der Waals surface area contributed by atoms with Gasteiger partial charge in [-0.1, -0.05) is 0 Å². The zero-order valence-electron chi connectivity index (χ0n) is 10.5. The fourth-order valence-corrected chi connectivity index (χ4v) is 1.98. The molecule has 2 rings (SSSR count). The van der Waals surface area contributed by atoms with Crippen LogP contribution in [0.4, 0.5) is 11.4 Å². The molecule has 0 aliphatic carbocycles. The van der Waals surface area contributed by atoms with Crippen LogP contribution < -0.4 is 15.4 Å². The molecule has 2 N–H and O–H groups in total. The van der Waals surface area contributed by atoms with Gasteiger partial charge in [-0.05, 0) is 6.42 Å². The Morgan fingerprint density at radius 1 is 1.53 bits per heavy atom. The number of nitro benzene ring substituents is 1. The van der Waals surface area contributed by atoms with Crippen molar-refractivity contribution in [3.8, 4) is 5.75 Å². The van der Waals surface area contributed by atoms with Crippen molar-refractivity contribution in [3.05, 3.63) is 28.3 Å². The molecule has 1 unspecified atom stereocenters. The summed E-state index contributed by atoms with van der Waals surface area (Å²) in [7, 11) is 1.46. The van der Waals surface area contributed by atoms with E-state index in [0.717, 1.165) is 6.42 Å². The zero-order valence-corrected chi connectivity index (χ0v) is 10.5. The Kier molecular flexibility index (Phi) is 3.84. The average molecular weight is 265 g/mol. The maximum Gasteiger partial charge on any atom is 0.275 e. The Balaban J connectivity index is 2.04. The van der Waals surface area contributed by atoms with Crippen LogP contribution in [0.15, 0.2) is 18.2 Å². The highest BCUT2D eigenvalue weighted by molar-refractivity contribution is 5.78. The lowest BCUT2D eigenvalue weighted by Gasteiger charge is -2.13. The molecule has 0 saturated carbocycles. The van der Waals surface area contributed by atoms with Gasteiger partial charge in [0.15, 0.2) is 0 Å². The molecule has 0 bridgehead atoms. The van der Waals surface area contributed by atoms with Crippen molar-refractivity contribution in [3.63, 3.8) is 0 Å². The quantitative estimate of drug-likeness (QED) is 0.618. The topological polar surface area (TPSA) is 93.5 Å². The third-order valence-electron chi connectivity index (χ3n) is 2.98. The second kappa shape index (κ2) is 5.55. The third-order valence-corrected chi connectivity index (χ3v) is 2.98. The van der Waals surface area contributed by atoms with Crippen LogP contribution in [0.25, 0.3) is 0 Å². The largest absolute Gasteiger partial charge is 0.496 e. The molecule has 0 aromatic heterocycles. The minimum absolute atomic E-state index is 0.0303. The first kappa shape index (κ1) is 13.1. The standard InChI is InChI=1S/C12H15N3O4/c1-19-11-5-9(4-10(6-11)15(17)18)13-7-8-2-3-12(16)14-8/h4-6,8,13H,2-3,7H2,1H3,(H,14,16). The van der Waals surface area contributed by atoms with Crippen molar-refractivity contribution in [2.75, 3.05) is 19.0 Å². The highest BCUT2D eigenvalue weighted by Gasteiger charge is 2.20. The normalized spacial score (nSPS) is 17.9. The molecular formula is C12H15N3O4. The van der Waals surface area contributed by atoms with Gasteiger partial charge in [0.1, 0.15) is 5.75 Å². The zero-order chi connectivity index (χ0) is 13.8. The highest BCUT2D eigenvalue weighted by Crippen LogP contribution is 2.25. The Morgan fingerprint density at radius 2 is 2.32 bits per heavy atom. The Bertz CT molecular complexity index is 504. The van der Waals surface area contributed by atoms with Gasteiger partial charge in [0.05, 0.1) is 18.1 Å². The first-order valence-corrected chi connectivity index (χ1v) is 5.95. The predicted octanol–water partition coefficient (Wildman–Crippen LogP) is 1.29. The minimum atomic E-state index is -0.467. The number of non-ortho nitro benzene ring substituents is 1. The molecule has 1 aliphatic rings. The maximum atomic E-state index is 11.1. The summed E-state index contributed by atoms with van der Waals surface area (Å²) in [4.78, 5) is 21.4. The molecule has 7 nitrogen and oxygen atoms in total. The van der Waals surface area contributed by atoms with E-state index in [1.165, 1.54) is 19.2 Å². The molecule has 1 aromatic rings. The van der Waals surface area contributed by atoms with E-state index in [1.807, 2.05) is 0 Å². The molecule has 0 radical (unpaired) electrons.